The molecule has 0 saturated heterocycles. The van der Waals surface area contributed by atoms with Gasteiger partial charge in [-0.25, -0.2) is 0 Å². The largest absolute Gasteiger partial charge is 0.481 e. The molecule has 0 amide bonds. The molecule has 2 heterocycles. The number of halogens is 1. The van der Waals surface area contributed by atoms with Crippen LogP contribution < -0.4 is 5.32 Å². The lowest BCUT2D eigenvalue weighted by atomic mass is 9.62. The molecule has 1 aliphatic carbocycles. The van der Waals surface area contributed by atoms with Crippen molar-refractivity contribution in [2.75, 3.05) is 6.54 Å². The van der Waals surface area contributed by atoms with E-state index in [1.807, 2.05) is 12.1 Å². The van der Waals surface area contributed by atoms with Crippen molar-refractivity contribution in [1.82, 2.24) is 9.88 Å². The summed E-state index contributed by atoms with van der Waals surface area (Å²) in [7, 11) is 0. The lowest BCUT2D eigenvalue weighted by Gasteiger charge is -2.46. The number of carboxylic acids is 1. The number of carboxylic acid groups (broad SMARTS) is 1. The number of hydrogen-bond donors (Lipinski definition) is 2. The number of nitrogens with zero attached hydrogens (tertiary/aromatic N) is 1. The van der Waals surface area contributed by atoms with Gasteiger partial charge in [0.05, 0.1) is 11.5 Å². The van der Waals surface area contributed by atoms with E-state index < -0.39 is 11.4 Å². The van der Waals surface area contributed by atoms with Crippen molar-refractivity contribution in [3.8, 4) is 0 Å². The number of aromatic nitrogens is 1. The van der Waals surface area contributed by atoms with E-state index in [2.05, 4.69) is 22.9 Å². The summed E-state index contributed by atoms with van der Waals surface area (Å²) >= 11 is 6.21. The number of fused-ring (bicyclic) bond motifs is 3. The van der Waals surface area contributed by atoms with Gasteiger partial charge in [0.1, 0.15) is 0 Å². The fourth-order valence-electron chi connectivity index (χ4n) is 4.43. The van der Waals surface area contributed by atoms with Crippen molar-refractivity contribution >= 4 is 28.5 Å². The van der Waals surface area contributed by atoms with Gasteiger partial charge in [0, 0.05) is 28.2 Å². The monoisotopic (exact) mass is 332 g/mol. The molecule has 2 aromatic rings. The zero-order chi connectivity index (χ0) is 16.2. The van der Waals surface area contributed by atoms with E-state index in [0.29, 0.717) is 0 Å². The summed E-state index contributed by atoms with van der Waals surface area (Å²) in [6, 6.07) is 5.90. The summed E-state index contributed by atoms with van der Waals surface area (Å²) in [6.07, 6.45) is 3.43. The Balaban J connectivity index is 1.97. The Morgan fingerprint density at radius 1 is 1.48 bits per heavy atom. The molecule has 4 nitrogen and oxygen atoms in total. The minimum atomic E-state index is -0.667. The predicted octanol–water partition coefficient (Wildman–Crippen LogP) is 3.76. The molecule has 2 N–H and O–H groups in total. The maximum atomic E-state index is 12.0. The van der Waals surface area contributed by atoms with Crippen molar-refractivity contribution in [1.29, 1.82) is 0 Å². The van der Waals surface area contributed by atoms with Crippen LogP contribution in [-0.4, -0.2) is 22.2 Å². The molecule has 1 unspecified atom stereocenters. The molecule has 4 rings (SSSR count). The number of aryl methyl sites for hydroxylation is 1. The minimum absolute atomic E-state index is 0.108. The number of benzene rings is 1. The van der Waals surface area contributed by atoms with Crippen molar-refractivity contribution in [2.45, 2.75) is 45.2 Å². The number of hydrogen-bond acceptors (Lipinski definition) is 2. The maximum absolute atomic E-state index is 12.0. The van der Waals surface area contributed by atoms with Crippen LogP contribution in [0.25, 0.3) is 10.9 Å². The first-order chi connectivity index (χ1) is 11.1. The van der Waals surface area contributed by atoms with Gasteiger partial charge in [0.25, 0.3) is 0 Å². The molecular formula is C18H21ClN2O2. The van der Waals surface area contributed by atoms with Gasteiger partial charge in [-0.3, -0.25) is 4.79 Å². The molecule has 1 saturated carbocycles. The third-order valence-corrected chi connectivity index (χ3v) is 5.95. The molecule has 0 bridgehead atoms. The van der Waals surface area contributed by atoms with Crippen LogP contribution in [0.2, 0.25) is 5.02 Å². The van der Waals surface area contributed by atoms with Crippen molar-refractivity contribution in [2.24, 2.45) is 5.41 Å². The van der Waals surface area contributed by atoms with E-state index >= 15 is 0 Å². The maximum Gasteiger partial charge on any atom is 0.311 e. The van der Waals surface area contributed by atoms with E-state index in [4.69, 9.17) is 11.6 Å². The molecule has 23 heavy (non-hydrogen) atoms. The second kappa shape index (κ2) is 5.25. The molecule has 2 aliphatic rings. The summed E-state index contributed by atoms with van der Waals surface area (Å²) in [4.78, 5) is 12.0. The summed E-state index contributed by atoms with van der Waals surface area (Å²) < 4.78 is 2.28. The average molecular weight is 333 g/mol. The van der Waals surface area contributed by atoms with Gasteiger partial charge in [0.2, 0.25) is 0 Å². The van der Waals surface area contributed by atoms with Gasteiger partial charge >= 0.3 is 5.97 Å². The van der Waals surface area contributed by atoms with Gasteiger partial charge in [-0.15, -0.1) is 0 Å². The normalized spacial score (nSPS) is 22.6. The fraction of sp³-hybridized carbons (Fsp3) is 0.500. The van der Waals surface area contributed by atoms with Gasteiger partial charge in [-0.05, 0) is 56.5 Å². The predicted molar refractivity (Wildman–Crippen MR) is 91.0 cm³/mol. The third kappa shape index (κ3) is 1.98. The molecule has 5 heteroatoms. The topological polar surface area (TPSA) is 54.3 Å². The van der Waals surface area contributed by atoms with Crippen molar-refractivity contribution in [3.05, 3.63) is 34.5 Å². The second-order valence-electron chi connectivity index (χ2n) is 6.72. The third-order valence-electron chi connectivity index (χ3n) is 5.71. The highest BCUT2D eigenvalue weighted by Gasteiger charge is 2.53. The van der Waals surface area contributed by atoms with Crippen LogP contribution in [0.1, 0.15) is 43.5 Å². The first kappa shape index (κ1) is 15.0. The number of rotatable bonds is 3. The van der Waals surface area contributed by atoms with Crippen molar-refractivity contribution < 1.29 is 9.90 Å². The number of aliphatic carboxylic acids is 1. The van der Waals surface area contributed by atoms with Gasteiger partial charge in [-0.1, -0.05) is 18.0 Å². The molecule has 1 aromatic carbocycles. The summed E-state index contributed by atoms with van der Waals surface area (Å²) in [5, 5.41) is 15.3. The molecule has 1 atom stereocenters. The van der Waals surface area contributed by atoms with Crippen LogP contribution in [-0.2, 0) is 17.8 Å². The zero-order valence-electron chi connectivity index (χ0n) is 13.2. The van der Waals surface area contributed by atoms with Crippen LogP contribution in [0.4, 0.5) is 0 Å². The smallest absolute Gasteiger partial charge is 0.311 e. The minimum Gasteiger partial charge on any atom is -0.481 e. The van der Waals surface area contributed by atoms with Crippen LogP contribution in [0.3, 0.4) is 0 Å². The van der Waals surface area contributed by atoms with E-state index in [1.165, 1.54) is 10.9 Å². The van der Waals surface area contributed by atoms with Crippen LogP contribution in [0.5, 0.6) is 0 Å². The van der Waals surface area contributed by atoms with E-state index in [-0.39, 0.29) is 6.04 Å². The standard InChI is InChI=1S/C18H21ClN2O2/c1-2-21-14-5-4-11(19)10-13(14)12-6-9-20-16(15(12)21)18(17(22)23)7-3-8-18/h4-5,10,16,20H,2-3,6-9H2,1H3,(H,22,23). The van der Waals surface area contributed by atoms with Gasteiger partial charge < -0.3 is 15.0 Å². The highest BCUT2D eigenvalue weighted by molar-refractivity contribution is 6.31. The summed E-state index contributed by atoms with van der Waals surface area (Å²) in [5.41, 5.74) is 2.95. The molecule has 1 fully saturated rings. The highest BCUT2D eigenvalue weighted by atomic mass is 35.5. The lowest BCUT2D eigenvalue weighted by molar-refractivity contribution is -0.158. The Labute approximate surface area is 140 Å². The summed E-state index contributed by atoms with van der Waals surface area (Å²) in [6.45, 7) is 3.78. The quantitative estimate of drug-likeness (QED) is 0.900. The summed E-state index contributed by atoms with van der Waals surface area (Å²) in [5.74, 6) is -0.667. The Hall–Kier alpha value is -1.52. The van der Waals surface area contributed by atoms with Crippen LogP contribution in [0, 0.1) is 5.41 Å². The van der Waals surface area contributed by atoms with Crippen LogP contribution in [0.15, 0.2) is 18.2 Å². The Morgan fingerprint density at radius 3 is 2.87 bits per heavy atom. The van der Waals surface area contributed by atoms with E-state index in [0.717, 1.165) is 55.0 Å². The number of nitrogens with one attached hydrogen (secondary N) is 1. The Morgan fingerprint density at radius 2 is 2.26 bits per heavy atom. The van der Waals surface area contributed by atoms with Gasteiger partial charge in [0.15, 0.2) is 0 Å². The van der Waals surface area contributed by atoms with Gasteiger partial charge in [-0.2, -0.15) is 0 Å². The highest BCUT2D eigenvalue weighted by Crippen LogP contribution is 2.53. The molecule has 0 spiro atoms. The van der Waals surface area contributed by atoms with Crippen molar-refractivity contribution in [3.63, 3.8) is 0 Å². The molecule has 1 aliphatic heterocycles. The number of carbonyl (C=O) groups is 1. The van der Waals surface area contributed by atoms with E-state index in [1.54, 1.807) is 0 Å². The first-order valence-corrected chi connectivity index (χ1v) is 8.73. The molecule has 122 valence electrons. The second-order valence-corrected chi connectivity index (χ2v) is 7.16. The molecule has 1 aromatic heterocycles. The van der Waals surface area contributed by atoms with E-state index in [9.17, 15) is 9.90 Å². The average Bonchev–Trinajstić information content (AvgIpc) is 2.79. The SMILES string of the molecule is CCn1c2c(c3cc(Cl)ccc31)CCNC2C1(C(=O)O)CCC1. The molecule has 0 radical (unpaired) electrons. The molecular weight excluding hydrogens is 312 g/mol. The first-order valence-electron chi connectivity index (χ1n) is 8.36. The zero-order valence-corrected chi connectivity index (χ0v) is 14.0. The lowest BCUT2D eigenvalue weighted by Crippen LogP contribution is -2.51. The van der Waals surface area contributed by atoms with Crippen LogP contribution >= 0.6 is 11.6 Å². The Bertz CT molecular complexity index is 792. The fourth-order valence-corrected chi connectivity index (χ4v) is 4.60. The Kier molecular flexibility index (Phi) is 3.43.